The van der Waals surface area contributed by atoms with Crippen molar-refractivity contribution in [2.45, 2.75) is 12.5 Å². The number of primary amides is 1. The lowest BCUT2D eigenvalue weighted by molar-refractivity contribution is -0.120. The largest absolute Gasteiger partial charge is 0.381 e. The summed E-state index contributed by atoms with van der Waals surface area (Å²) in [6.07, 6.45) is 0.662. The van der Waals surface area contributed by atoms with Gasteiger partial charge >= 0.3 is 0 Å². The van der Waals surface area contributed by atoms with Gasteiger partial charge in [-0.1, -0.05) is 0 Å². The van der Waals surface area contributed by atoms with Crippen LogP contribution in [0.3, 0.4) is 0 Å². The fourth-order valence-electron chi connectivity index (χ4n) is 0.896. The van der Waals surface area contributed by atoms with Crippen molar-refractivity contribution in [1.82, 2.24) is 0 Å². The molecule has 0 aromatic rings. The Balaban J connectivity index is 2.16. The van der Waals surface area contributed by atoms with E-state index in [9.17, 15) is 4.79 Å². The van der Waals surface area contributed by atoms with E-state index >= 15 is 0 Å². The van der Waals surface area contributed by atoms with Gasteiger partial charge in [0.1, 0.15) is 0 Å². The summed E-state index contributed by atoms with van der Waals surface area (Å²) in [4.78, 5) is 10.4. The Morgan fingerprint density at radius 3 is 2.60 bits per heavy atom. The standard InChI is InChI=1S/C6H12N2O2/c7-5(6(8)9)1-4-2-10-3-4/h4-5H,1-3,7H2,(H2,8,9)/t5-/m1/s1. The third-order valence-electron chi connectivity index (χ3n) is 1.66. The molecule has 0 bridgehead atoms. The summed E-state index contributed by atoms with van der Waals surface area (Å²) in [7, 11) is 0. The van der Waals surface area contributed by atoms with Crippen LogP contribution in [0.25, 0.3) is 0 Å². The summed E-state index contributed by atoms with van der Waals surface area (Å²) in [6.45, 7) is 1.45. The molecule has 1 fully saturated rings. The van der Waals surface area contributed by atoms with Crippen molar-refractivity contribution in [3.05, 3.63) is 0 Å². The second-order valence-corrected chi connectivity index (χ2v) is 2.65. The van der Waals surface area contributed by atoms with E-state index in [1.807, 2.05) is 0 Å². The van der Waals surface area contributed by atoms with Gasteiger partial charge in [-0.15, -0.1) is 0 Å². The van der Waals surface area contributed by atoms with Gasteiger partial charge < -0.3 is 16.2 Å². The van der Waals surface area contributed by atoms with E-state index in [1.165, 1.54) is 0 Å². The van der Waals surface area contributed by atoms with Crippen molar-refractivity contribution in [3.63, 3.8) is 0 Å². The lowest BCUT2D eigenvalue weighted by Crippen LogP contribution is -2.42. The highest BCUT2D eigenvalue weighted by Crippen LogP contribution is 2.15. The minimum absolute atomic E-state index is 0.424. The lowest BCUT2D eigenvalue weighted by Gasteiger charge is -2.27. The predicted molar refractivity (Wildman–Crippen MR) is 36.1 cm³/mol. The Bertz CT molecular complexity index is 134. The van der Waals surface area contributed by atoms with Gasteiger partial charge in [-0.3, -0.25) is 4.79 Å². The number of carbonyl (C=O) groups excluding carboxylic acids is 1. The Hall–Kier alpha value is -0.610. The predicted octanol–water partition coefficient (Wildman–Crippen LogP) is -1.16. The van der Waals surface area contributed by atoms with Gasteiger partial charge in [0.15, 0.2) is 0 Å². The number of nitrogens with two attached hydrogens (primary N) is 2. The molecule has 0 aromatic carbocycles. The molecule has 0 spiro atoms. The van der Waals surface area contributed by atoms with Crippen LogP contribution in [0.15, 0.2) is 0 Å². The maximum absolute atomic E-state index is 10.4. The minimum Gasteiger partial charge on any atom is -0.381 e. The first-order valence-corrected chi connectivity index (χ1v) is 3.33. The van der Waals surface area contributed by atoms with Crippen molar-refractivity contribution in [3.8, 4) is 0 Å². The maximum Gasteiger partial charge on any atom is 0.234 e. The van der Waals surface area contributed by atoms with Crippen LogP contribution in [0.2, 0.25) is 0 Å². The third-order valence-corrected chi connectivity index (χ3v) is 1.66. The second kappa shape index (κ2) is 2.98. The van der Waals surface area contributed by atoms with E-state index in [4.69, 9.17) is 16.2 Å². The Morgan fingerprint density at radius 1 is 1.70 bits per heavy atom. The van der Waals surface area contributed by atoms with Gasteiger partial charge in [0.05, 0.1) is 19.3 Å². The third kappa shape index (κ3) is 1.68. The first-order chi connectivity index (χ1) is 4.70. The Morgan fingerprint density at radius 2 is 2.30 bits per heavy atom. The molecule has 4 N–H and O–H groups in total. The van der Waals surface area contributed by atoms with Crippen LogP contribution >= 0.6 is 0 Å². The quantitative estimate of drug-likeness (QED) is 0.524. The molecule has 0 saturated carbocycles. The molecule has 1 amide bonds. The summed E-state index contributed by atoms with van der Waals surface area (Å²) in [5.41, 5.74) is 10.4. The average molecular weight is 144 g/mol. The maximum atomic E-state index is 10.4. The topological polar surface area (TPSA) is 78.3 Å². The molecule has 1 saturated heterocycles. The van der Waals surface area contributed by atoms with E-state index in [0.29, 0.717) is 12.3 Å². The zero-order chi connectivity index (χ0) is 7.56. The van der Waals surface area contributed by atoms with Gasteiger partial charge in [0.2, 0.25) is 5.91 Å². The monoisotopic (exact) mass is 144 g/mol. The zero-order valence-corrected chi connectivity index (χ0v) is 5.75. The van der Waals surface area contributed by atoms with Crippen LogP contribution in [-0.2, 0) is 9.53 Å². The molecule has 1 aliphatic heterocycles. The highest BCUT2D eigenvalue weighted by molar-refractivity contribution is 5.79. The van der Waals surface area contributed by atoms with Crippen molar-refractivity contribution >= 4 is 5.91 Å². The molecular formula is C6H12N2O2. The number of ether oxygens (including phenoxy) is 1. The first kappa shape index (κ1) is 7.50. The van der Waals surface area contributed by atoms with Crippen molar-refractivity contribution in [2.24, 2.45) is 17.4 Å². The highest BCUT2D eigenvalue weighted by Gasteiger charge is 2.23. The molecule has 0 aliphatic carbocycles. The van der Waals surface area contributed by atoms with Gasteiger partial charge in [-0.2, -0.15) is 0 Å². The molecule has 4 nitrogen and oxygen atoms in total. The molecule has 0 radical (unpaired) electrons. The van der Waals surface area contributed by atoms with Crippen LogP contribution in [0.4, 0.5) is 0 Å². The van der Waals surface area contributed by atoms with Crippen LogP contribution < -0.4 is 11.5 Å². The van der Waals surface area contributed by atoms with E-state index < -0.39 is 11.9 Å². The van der Waals surface area contributed by atoms with Crippen LogP contribution in [-0.4, -0.2) is 25.2 Å². The average Bonchev–Trinajstić information content (AvgIpc) is 1.77. The zero-order valence-electron chi connectivity index (χ0n) is 5.75. The fraction of sp³-hybridized carbons (Fsp3) is 0.833. The molecule has 58 valence electrons. The molecule has 1 heterocycles. The molecule has 0 aromatic heterocycles. The van der Waals surface area contributed by atoms with Crippen LogP contribution in [0.1, 0.15) is 6.42 Å². The molecular weight excluding hydrogens is 132 g/mol. The molecule has 1 atom stereocenters. The first-order valence-electron chi connectivity index (χ1n) is 3.33. The van der Waals surface area contributed by atoms with E-state index in [1.54, 1.807) is 0 Å². The highest BCUT2D eigenvalue weighted by atomic mass is 16.5. The molecule has 1 rings (SSSR count). The molecule has 10 heavy (non-hydrogen) atoms. The summed E-state index contributed by atoms with van der Waals surface area (Å²) in [5, 5.41) is 0. The van der Waals surface area contributed by atoms with Crippen LogP contribution in [0, 0.1) is 5.92 Å². The van der Waals surface area contributed by atoms with Gasteiger partial charge in [0, 0.05) is 5.92 Å². The summed E-state index contributed by atoms with van der Waals surface area (Å²) in [6, 6.07) is -0.492. The van der Waals surface area contributed by atoms with E-state index in [-0.39, 0.29) is 0 Å². The number of hydrogen-bond acceptors (Lipinski definition) is 3. The Kier molecular flexibility index (Phi) is 2.24. The molecule has 4 heteroatoms. The van der Waals surface area contributed by atoms with Gasteiger partial charge in [-0.25, -0.2) is 0 Å². The number of carbonyl (C=O) groups is 1. The lowest BCUT2D eigenvalue weighted by atomic mass is 9.99. The van der Waals surface area contributed by atoms with E-state index in [0.717, 1.165) is 13.2 Å². The van der Waals surface area contributed by atoms with Gasteiger partial charge in [0.25, 0.3) is 0 Å². The number of hydrogen-bond donors (Lipinski definition) is 2. The van der Waals surface area contributed by atoms with Crippen LogP contribution in [0.5, 0.6) is 0 Å². The minimum atomic E-state index is -0.492. The normalized spacial score (nSPS) is 21.7. The number of rotatable bonds is 3. The Labute approximate surface area is 59.5 Å². The number of amides is 1. The second-order valence-electron chi connectivity index (χ2n) is 2.65. The van der Waals surface area contributed by atoms with Crippen molar-refractivity contribution < 1.29 is 9.53 Å². The molecule has 0 unspecified atom stereocenters. The molecule has 1 aliphatic rings. The SMILES string of the molecule is NC(=O)[C@H](N)CC1COC1. The summed E-state index contributed by atoms with van der Waals surface area (Å²) < 4.78 is 4.91. The van der Waals surface area contributed by atoms with Crippen molar-refractivity contribution in [1.29, 1.82) is 0 Å². The fourth-order valence-corrected chi connectivity index (χ4v) is 0.896. The summed E-state index contributed by atoms with van der Waals surface area (Å²) >= 11 is 0. The van der Waals surface area contributed by atoms with Gasteiger partial charge in [-0.05, 0) is 6.42 Å². The van der Waals surface area contributed by atoms with Crippen molar-refractivity contribution in [2.75, 3.05) is 13.2 Å². The smallest absolute Gasteiger partial charge is 0.234 e. The summed E-state index contributed by atoms with van der Waals surface area (Å²) in [5.74, 6) is 0.0226. The van der Waals surface area contributed by atoms with E-state index in [2.05, 4.69) is 0 Å².